The first kappa shape index (κ1) is 12.5. The van der Waals surface area contributed by atoms with E-state index in [1.54, 1.807) is 6.07 Å². The second-order valence-electron chi connectivity index (χ2n) is 4.63. The van der Waals surface area contributed by atoms with Gasteiger partial charge in [-0.2, -0.15) is 4.31 Å². The monoisotopic (exact) mass is 291 g/mol. The summed E-state index contributed by atoms with van der Waals surface area (Å²) in [4.78, 5) is 0. The van der Waals surface area contributed by atoms with Crippen molar-refractivity contribution in [2.24, 2.45) is 0 Å². The van der Waals surface area contributed by atoms with Gasteiger partial charge in [0.1, 0.15) is 5.76 Å². The molecule has 1 aromatic heterocycles. The smallest absolute Gasteiger partial charge is 0.276 e. The molecule has 5 nitrogen and oxygen atoms in total. The van der Waals surface area contributed by atoms with Crippen LogP contribution in [-0.4, -0.2) is 38.0 Å². The van der Waals surface area contributed by atoms with Gasteiger partial charge in [0.25, 0.3) is 10.0 Å². The lowest BCUT2D eigenvalue weighted by molar-refractivity contribution is -0.0118. The van der Waals surface area contributed by atoms with Gasteiger partial charge in [-0.15, -0.1) is 11.6 Å². The van der Waals surface area contributed by atoms with E-state index in [1.807, 2.05) is 0 Å². The third kappa shape index (κ3) is 2.07. The third-order valence-corrected chi connectivity index (χ3v) is 5.34. The standard InChI is InChI=1S/C11H14ClNO4S/c12-5-8-3-4-11(17-8)18(14,15)13-6-9-1-2-10(7-13)16-9/h3-4,9-10H,1-2,5-7H2. The van der Waals surface area contributed by atoms with Gasteiger partial charge in [0, 0.05) is 13.1 Å². The Bertz CT molecular complexity index is 529. The predicted octanol–water partition coefficient (Wildman–Crippen LogP) is 1.57. The molecule has 2 fully saturated rings. The van der Waals surface area contributed by atoms with Gasteiger partial charge in [-0.1, -0.05) is 0 Å². The van der Waals surface area contributed by atoms with Crippen LogP contribution in [0.4, 0.5) is 0 Å². The van der Waals surface area contributed by atoms with E-state index in [0.29, 0.717) is 18.8 Å². The highest BCUT2D eigenvalue weighted by molar-refractivity contribution is 7.89. The molecule has 2 aliphatic heterocycles. The summed E-state index contributed by atoms with van der Waals surface area (Å²) in [5.41, 5.74) is 0. The van der Waals surface area contributed by atoms with Crippen molar-refractivity contribution in [3.63, 3.8) is 0 Å². The molecule has 2 unspecified atom stereocenters. The Morgan fingerprint density at radius 3 is 2.50 bits per heavy atom. The van der Waals surface area contributed by atoms with E-state index >= 15 is 0 Å². The topological polar surface area (TPSA) is 59.8 Å². The van der Waals surface area contributed by atoms with Crippen LogP contribution in [0.5, 0.6) is 0 Å². The molecule has 0 radical (unpaired) electrons. The minimum atomic E-state index is -3.55. The fourth-order valence-corrected chi connectivity index (χ4v) is 4.05. The molecule has 2 saturated heterocycles. The SMILES string of the molecule is O=S(=O)(c1ccc(CCl)o1)N1CC2CCC(C1)O2. The molecular formula is C11H14ClNO4S. The number of nitrogens with zero attached hydrogens (tertiary/aromatic N) is 1. The van der Waals surface area contributed by atoms with Gasteiger partial charge in [0.15, 0.2) is 0 Å². The maximum absolute atomic E-state index is 12.4. The van der Waals surface area contributed by atoms with Crippen molar-refractivity contribution < 1.29 is 17.6 Å². The Kier molecular flexibility index (Phi) is 3.13. The lowest BCUT2D eigenvalue weighted by Crippen LogP contribution is -2.45. The van der Waals surface area contributed by atoms with E-state index < -0.39 is 10.0 Å². The average molecular weight is 292 g/mol. The quantitative estimate of drug-likeness (QED) is 0.793. The van der Waals surface area contributed by atoms with Crippen LogP contribution in [0.25, 0.3) is 0 Å². The van der Waals surface area contributed by atoms with Crippen molar-refractivity contribution in [2.75, 3.05) is 13.1 Å². The molecular weight excluding hydrogens is 278 g/mol. The Labute approximate surface area is 111 Å². The summed E-state index contributed by atoms with van der Waals surface area (Å²) in [5, 5.41) is -0.0283. The summed E-state index contributed by atoms with van der Waals surface area (Å²) >= 11 is 5.61. The van der Waals surface area contributed by atoms with Crippen LogP contribution < -0.4 is 0 Å². The molecule has 3 heterocycles. The Morgan fingerprint density at radius 1 is 1.28 bits per heavy atom. The lowest BCUT2D eigenvalue weighted by atomic mass is 10.2. The summed E-state index contributed by atoms with van der Waals surface area (Å²) in [6.45, 7) is 0.825. The molecule has 0 saturated carbocycles. The highest BCUT2D eigenvalue weighted by Crippen LogP contribution is 2.30. The van der Waals surface area contributed by atoms with Gasteiger partial charge in [0.2, 0.25) is 5.09 Å². The maximum Gasteiger partial charge on any atom is 0.276 e. The van der Waals surface area contributed by atoms with Crippen molar-refractivity contribution in [2.45, 2.75) is 36.0 Å². The molecule has 100 valence electrons. The summed E-state index contributed by atoms with van der Waals surface area (Å²) in [6.07, 6.45) is 1.92. The number of alkyl halides is 1. The van der Waals surface area contributed by atoms with Crippen molar-refractivity contribution in [1.29, 1.82) is 0 Å². The number of hydrogen-bond acceptors (Lipinski definition) is 4. The Morgan fingerprint density at radius 2 is 1.94 bits per heavy atom. The molecule has 18 heavy (non-hydrogen) atoms. The van der Waals surface area contributed by atoms with Crippen molar-refractivity contribution in [1.82, 2.24) is 4.31 Å². The van der Waals surface area contributed by atoms with E-state index in [0.717, 1.165) is 12.8 Å². The summed E-state index contributed by atoms with van der Waals surface area (Å²) in [7, 11) is -3.55. The van der Waals surface area contributed by atoms with Gasteiger partial charge in [-0.25, -0.2) is 8.42 Å². The largest absolute Gasteiger partial charge is 0.447 e. The molecule has 2 atom stereocenters. The van der Waals surface area contributed by atoms with Crippen LogP contribution in [0.15, 0.2) is 21.6 Å². The fraction of sp³-hybridized carbons (Fsp3) is 0.636. The molecule has 2 bridgehead atoms. The number of fused-ring (bicyclic) bond motifs is 2. The van der Waals surface area contributed by atoms with Gasteiger partial charge in [-0.3, -0.25) is 0 Å². The molecule has 0 aromatic carbocycles. The molecule has 0 aliphatic carbocycles. The minimum Gasteiger partial charge on any atom is -0.447 e. The zero-order chi connectivity index (χ0) is 12.8. The van der Waals surface area contributed by atoms with E-state index in [2.05, 4.69) is 0 Å². The van der Waals surface area contributed by atoms with Gasteiger partial charge < -0.3 is 9.15 Å². The van der Waals surface area contributed by atoms with Crippen LogP contribution in [0, 0.1) is 0 Å². The first-order valence-electron chi connectivity index (χ1n) is 5.90. The maximum atomic E-state index is 12.4. The van der Waals surface area contributed by atoms with Crippen LogP contribution in [0.1, 0.15) is 18.6 Å². The van der Waals surface area contributed by atoms with E-state index in [9.17, 15) is 8.42 Å². The number of rotatable bonds is 3. The number of sulfonamides is 1. The normalized spacial score (nSPS) is 28.7. The predicted molar refractivity (Wildman–Crippen MR) is 64.9 cm³/mol. The van der Waals surface area contributed by atoms with Crippen LogP contribution in [-0.2, 0) is 20.6 Å². The third-order valence-electron chi connectivity index (χ3n) is 3.37. The second-order valence-corrected chi connectivity index (χ2v) is 6.77. The molecule has 7 heteroatoms. The highest BCUT2D eigenvalue weighted by Gasteiger charge is 2.40. The van der Waals surface area contributed by atoms with E-state index in [-0.39, 0.29) is 23.2 Å². The average Bonchev–Trinajstić information content (AvgIpc) is 2.96. The van der Waals surface area contributed by atoms with Gasteiger partial charge in [-0.05, 0) is 25.0 Å². The Hall–Kier alpha value is -0.560. The highest BCUT2D eigenvalue weighted by atomic mass is 35.5. The first-order valence-corrected chi connectivity index (χ1v) is 7.87. The summed E-state index contributed by atoms with van der Waals surface area (Å²) in [5.74, 6) is 0.635. The molecule has 0 amide bonds. The van der Waals surface area contributed by atoms with Crippen LogP contribution >= 0.6 is 11.6 Å². The molecule has 0 N–H and O–H groups in total. The van der Waals surface area contributed by atoms with E-state index in [1.165, 1.54) is 10.4 Å². The van der Waals surface area contributed by atoms with Crippen molar-refractivity contribution >= 4 is 21.6 Å². The number of morpholine rings is 1. The number of halogens is 1. The molecule has 3 rings (SSSR count). The minimum absolute atomic E-state index is 0.0283. The summed E-state index contributed by atoms with van der Waals surface area (Å²) in [6, 6.07) is 3.05. The number of hydrogen-bond donors (Lipinski definition) is 0. The fourth-order valence-electron chi connectivity index (χ4n) is 2.47. The Balaban J connectivity index is 1.86. The number of ether oxygens (including phenoxy) is 1. The molecule has 0 spiro atoms. The summed E-state index contributed by atoms with van der Waals surface area (Å²) < 4.78 is 37.1. The van der Waals surface area contributed by atoms with Crippen LogP contribution in [0.2, 0.25) is 0 Å². The van der Waals surface area contributed by atoms with Crippen LogP contribution in [0.3, 0.4) is 0 Å². The van der Waals surface area contributed by atoms with Gasteiger partial charge >= 0.3 is 0 Å². The zero-order valence-corrected chi connectivity index (χ0v) is 11.3. The number of furan rings is 1. The molecule has 2 aliphatic rings. The first-order chi connectivity index (χ1) is 8.59. The van der Waals surface area contributed by atoms with E-state index in [4.69, 9.17) is 20.8 Å². The lowest BCUT2D eigenvalue weighted by Gasteiger charge is -2.30. The van der Waals surface area contributed by atoms with Gasteiger partial charge in [0.05, 0.1) is 18.1 Å². The molecule has 1 aromatic rings. The zero-order valence-electron chi connectivity index (χ0n) is 9.71. The van der Waals surface area contributed by atoms with Crippen molar-refractivity contribution in [3.8, 4) is 0 Å². The van der Waals surface area contributed by atoms with Crippen molar-refractivity contribution in [3.05, 3.63) is 17.9 Å². The second kappa shape index (κ2) is 4.52.